The highest BCUT2D eigenvalue weighted by atomic mass is 32.1. The van der Waals surface area contributed by atoms with Crippen molar-refractivity contribution >= 4 is 71.7 Å². The molecule has 9 rings (SSSR count). The summed E-state index contributed by atoms with van der Waals surface area (Å²) >= 11 is 1.89. The maximum Gasteiger partial charge on any atom is 0.248 e. The summed E-state index contributed by atoms with van der Waals surface area (Å²) < 4.78 is 2.64. The molecule has 0 aliphatic carbocycles. The SMILES string of the molecule is c1ccc(-c2cccc(-c3ccccc3)c2B2c3ccccc3N(c3cccc4c3sc3ccccc34)c3ccccc32)cc1. The van der Waals surface area contributed by atoms with Gasteiger partial charge in [-0.05, 0) is 57.4 Å². The van der Waals surface area contributed by atoms with Crippen LogP contribution in [0.1, 0.15) is 0 Å². The molecule has 1 aromatic heterocycles. The third-order valence-corrected chi connectivity index (χ3v) is 10.4. The normalized spacial score (nSPS) is 12.4. The van der Waals surface area contributed by atoms with Gasteiger partial charge in [-0.3, -0.25) is 0 Å². The van der Waals surface area contributed by atoms with Crippen molar-refractivity contribution < 1.29 is 0 Å². The number of nitrogens with zero attached hydrogens (tertiary/aromatic N) is 1. The average Bonchev–Trinajstić information content (AvgIpc) is 3.50. The summed E-state index contributed by atoms with van der Waals surface area (Å²) in [7, 11) is 0. The Morgan fingerprint density at radius 1 is 0.400 bits per heavy atom. The van der Waals surface area contributed by atoms with Crippen molar-refractivity contribution in [3.8, 4) is 22.3 Å². The first-order chi connectivity index (χ1) is 22.4. The number of anilines is 3. The lowest BCUT2D eigenvalue weighted by molar-refractivity contribution is 1.31. The van der Waals surface area contributed by atoms with Crippen molar-refractivity contribution in [1.82, 2.24) is 0 Å². The van der Waals surface area contributed by atoms with Gasteiger partial charge in [-0.25, -0.2) is 0 Å². The smallest absolute Gasteiger partial charge is 0.248 e. The molecule has 2 heterocycles. The standard InChI is InChI=1S/C42H28BNS/c1-3-15-29(16-4-1)31-20-13-21-32(30-17-5-2-6-18-30)41(31)43-35-23-8-10-25-37(35)44(38-26-11-9-24-36(38)43)39-27-14-22-34-33-19-7-12-28-40(33)45-42(34)39/h1-28H. The second-order valence-corrected chi connectivity index (χ2v) is 12.7. The molecular weight excluding hydrogens is 561 g/mol. The molecule has 0 bridgehead atoms. The molecule has 0 spiro atoms. The largest absolute Gasteiger partial charge is 0.310 e. The number of hydrogen-bond acceptors (Lipinski definition) is 2. The number of para-hydroxylation sites is 2. The van der Waals surface area contributed by atoms with Gasteiger partial charge in [0.2, 0.25) is 6.71 Å². The third-order valence-electron chi connectivity index (χ3n) is 9.17. The number of rotatable bonds is 4. The predicted molar refractivity (Wildman–Crippen MR) is 196 cm³/mol. The zero-order chi connectivity index (χ0) is 29.7. The lowest BCUT2D eigenvalue weighted by atomic mass is 9.33. The van der Waals surface area contributed by atoms with Crippen LogP contribution in [0.2, 0.25) is 0 Å². The first-order valence-electron chi connectivity index (χ1n) is 15.5. The van der Waals surface area contributed by atoms with E-state index >= 15 is 0 Å². The molecule has 1 nitrogen and oxygen atoms in total. The van der Waals surface area contributed by atoms with Crippen molar-refractivity contribution in [3.63, 3.8) is 0 Å². The van der Waals surface area contributed by atoms with Crippen molar-refractivity contribution in [1.29, 1.82) is 0 Å². The molecule has 0 atom stereocenters. The summed E-state index contributed by atoms with van der Waals surface area (Å²) in [6.45, 7) is 0.0434. The van der Waals surface area contributed by atoms with Crippen LogP contribution in [0, 0.1) is 0 Å². The van der Waals surface area contributed by atoms with E-state index in [9.17, 15) is 0 Å². The zero-order valence-electron chi connectivity index (χ0n) is 24.6. The van der Waals surface area contributed by atoms with E-state index in [1.165, 1.54) is 75.9 Å². The molecule has 45 heavy (non-hydrogen) atoms. The summed E-state index contributed by atoms with van der Waals surface area (Å²) in [5.41, 5.74) is 12.7. The quantitative estimate of drug-likeness (QED) is 0.185. The zero-order valence-corrected chi connectivity index (χ0v) is 25.4. The maximum absolute atomic E-state index is 2.51. The van der Waals surface area contributed by atoms with Crippen LogP contribution in [0.15, 0.2) is 170 Å². The molecular formula is C42H28BNS. The van der Waals surface area contributed by atoms with Crippen molar-refractivity contribution in [2.24, 2.45) is 0 Å². The first-order valence-corrected chi connectivity index (χ1v) is 16.3. The molecule has 1 aliphatic rings. The van der Waals surface area contributed by atoms with Crippen molar-refractivity contribution in [3.05, 3.63) is 170 Å². The third kappa shape index (κ3) is 4.16. The van der Waals surface area contributed by atoms with Gasteiger partial charge < -0.3 is 4.90 Å². The Labute approximate surface area is 267 Å². The molecule has 1 aliphatic heterocycles. The van der Waals surface area contributed by atoms with E-state index < -0.39 is 0 Å². The monoisotopic (exact) mass is 589 g/mol. The number of thiophene rings is 1. The van der Waals surface area contributed by atoms with Crippen molar-refractivity contribution in [2.75, 3.05) is 4.90 Å². The molecule has 0 radical (unpaired) electrons. The summed E-state index contributed by atoms with van der Waals surface area (Å²) in [4.78, 5) is 2.51. The summed E-state index contributed by atoms with van der Waals surface area (Å²) in [5, 5.41) is 2.63. The Bertz CT molecular complexity index is 2240. The van der Waals surface area contributed by atoms with Crippen LogP contribution in [0.25, 0.3) is 42.4 Å². The summed E-state index contributed by atoms with van der Waals surface area (Å²) in [5.74, 6) is 0. The van der Waals surface area contributed by atoms with E-state index in [0.29, 0.717) is 0 Å². The molecule has 210 valence electrons. The molecule has 0 saturated heterocycles. The Hall–Kier alpha value is -5.38. The van der Waals surface area contributed by atoms with Crippen LogP contribution in [0.3, 0.4) is 0 Å². The van der Waals surface area contributed by atoms with E-state index in [1.807, 2.05) is 11.3 Å². The van der Waals surface area contributed by atoms with E-state index in [4.69, 9.17) is 0 Å². The molecule has 0 unspecified atom stereocenters. The predicted octanol–water partition coefficient (Wildman–Crippen LogP) is 9.69. The van der Waals surface area contributed by atoms with E-state index in [0.717, 1.165) is 0 Å². The topological polar surface area (TPSA) is 3.24 Å². The molecule has 0 fully saturated rings. The number of benzene rings is 7. The van der Waals surface area contributed by atoms with Gasteiger partial charge in [-0.2, -0.15) is 0 Å². The van der Waals surface area contributed by atoms with Gasteiger partial charge in [-0.15, -0.1) is 11.3 Å². The molecule has 0 saturated carbocycles. The fourth-order valence-electron chi connectivity index (χ4n) is 7.26. The van der Waals surface area contributed by atoms with Gasteiger partial charge >= 0.3 is 0 Å². The van der Waals surface area contributed by atoms with Crippen LogP contribution in [0.5, 0.6) is 0 Å². The van der Waals surface area contributed by atoms with Crippen LogP contribution >= 0.6 is 11.3 Å². The van der Waals surface area contributed by atoms with Crippen LogP contribution in [-0.4, -0.2) is 6.71 Å². The Morgan fingerprint density at radius 2 is 0.889 bits per heavy atom. The Morgan fingerprint density at radius 3 is 1.53 bits per heavy atom. The highest BCUT2D eigenvalue weighted by molar-refractivity contribution is 7.26. The second-order valence-electron chi connectivity index (χ2n) is 11.6. The highest BCUT2D eigenvalue weighted by Gasteiger charge is 2.38. The minimum Gasteiger partial charge on any atom is -0.310 e. The number of hydrogen-bond donors (Lipinski definition) is 0. The summed E-state index contributed by atoms with van der Waals surface area (Å²) in [6.07, 6.45) is 0. The maximum atomic E-state index is 2.51. The molecule has 7 aromatic carbocycles. The van der Waals surface area contributed by atoms with Crippen LogP contribution in [-0.2, 0) is 0 Å². The Balaban J connectivity index is 1.35. The van der Waals surface area contributed by atoms with Crippen LogP contribution < -0.4 is 21.3 Å². The lowest BCUT2D eigenvalue weighted by Gasteiger charge is -2.38. The number of fused-ring (bicyclic) bond motifs is 5. The van der Waals surface area contributed by atoms with Gasteiger partial charge in [0.15, 0.2) is 0 Å². The van der Waals surface area contributed by atoms with E-state index in [-0.39, 0.29) is 6.71 Å². The summed E-state index contributed by atoms with van der Waals surface area (Å²) in [6, 6.07) is 62.1. The fourth-order valence-corrected chi connectivity index (χ4v) is 8.47. The van der Waals surface area contributed by atoms with Gasteiger partial charge in [0, 0.05) is 26.8 Å². The minimum atomic E-state index is 0.0434. The highest BCUT2D eigenvalue weighted by Crippen LogP contribution is 2.45. The minimum absolute atomic E-state index is 0.0434. The van der Waals surface area contributed by atoms with Gasteiger partial charge in [0.25, 0.3) is 0 Å². The van der Waals surface area contributed by atoms with Crippen molar-refractivity contribution in [2.45, 2.75) is 0 Å². The van der Waals surface area contributed by atoms with Crippen LogP contribution in [0.4, 0.5) is 17.1 Å². The average molecular weight is 590 g/mol. The second kappa shape index (κ2) is 10.7. The lowest BCUT2D eigenvalue weighted by Crippen LogP contribution is -2.58. The molecule has 8 aromatic rings. The molecule has 0 amide bonds. The van der Waals surface area contributed by atoms with Gasteiger partial charge in [0.1, 0.15) is 0 Å². The molecule has 0 N–H and O–H groups in total. The fraction of sp³-hybridized carbons (Fsp3) is 0. The van der Waals surface area contributed by atoms with E-state index in [1.54, 1.807) is 0 Å². The van der Waals surface area contributed by atoms with Gasteiger partial charge in [0.05, 0.1) is 10.4 Å². The first kappa shape index (κ1) is 26.1. The Kier molecular flexibility index (Phi) is 6.17. The molecule has 3 heteroatoms. The van der Waals surface area contributed by atoms with E-state index in [2.05, 4.69) is 175 Å². The van der Waals surface area contributed by atoms with Gasteiger partial charge in [-0.1, -0.05) is 151 Å².